The van der Waals surface area contributed by atoms with E-state index < -0.39 is 0 Å². The molecule has 12 heteroatoms. The lowest BCUT2D eigenvalue weighted by Crippen LogP contribution is -2.25. The van der Waals surface area contributed by atoms with Crippen LogP contribution in [0.3, 0.4) is 0 Å². The van der Waals surface area contributed by atoms with Gasteiger partial charge < -0.3 is 29.6 Å². The number of methoxy groups -OCH3 is 4. The van der Waals surface area contributed by atoms with E-state index in [1.54, 1.807) is 69.3 Å². The van der Waals surface area contributed by atoms with Gasteiger partial charge in [-0.05, 0) is 23.8 Å². The Morgan fingerprint density at radius 3 is 2.43 bits per heavy atom. The third-order valence-electron chi connectivity index (χ3n) is 5.15. The molecule has 37 heavy (non-hydrogen) atoms. The lowest BCUT2D eigenvalue weighted by Gasteiger charge is -2.12. The Balaban J connectivity index is 1.68. The van der Waals surface area contributed by atoms with E-state index >= 15 is 0 Å². The Kier molecular flexibility index (Phi) is 10.4. The minimum Gasteiger partial charge on any atom is -0.493 e. The maximum Gasteiger partial charge on any atom is 0.244 e. The normalized spacial score (nSPS) is 11.3. The second kappa shape index (κ2) is 13.7. The predicted octanol–water partition coefficient (Wildman–Crippen LogP) is 3.24. The molecular weight excluding hydrogens is 496 g/mol. The van der Waals surface area contributed by atoms with E-state index in [1.807, 2.05) is 0 Å². The zero-order valence-electron chi connectivity index (χ0n) is 22.0. The van der Waals surface area contributed by atoms with E-state index in [-0.39, 0.29) is 5.91 Å². The molecule has 200 valence electrons. The number of anilines is 1. The lowest BCUT2D eigenvalue weighted by molar-refractivity contribution is -0.116. The number of carbonyl (C=O) groups is 1. The Morgan fingerprint density at radius 1 is 1.08 bits per heavy atom. The molecule has 2 heterocycles. The molecule has 2 N–H and O–H groups in total. The quantitative estimate of drug-likeness (QED) is 0.139. The lowest BCUT2D eigenvalue weighted by atomic mass is 10.1. The highest BCUT2D eigenvalue weighted by Crippen LogP contribution is 2.38. The molecule has 0 saturated heterocycles. The van der Waals surface area contributed by atoms with Gasteiger partial charge in [-0.25, -0.2) is 14.6 Å². The predicted molar refractivity (Wildman–Crippen MR) is 145 cm³/mol. The van der Waals surface area contributed by atoms with Crippen molar-refractivity contribution in [2.75, 3.05) is 53.5 Å². The first-order valence-electron chi connectivity index (χ1n) is 11.8. The van der Waals surface area contributed by atoms with Crippen molar-refractivity contribution in [1.82, 2.24) is 25.1 Å². The van der Waals surface area contributed by atoms with Gasteiger partial charge in [0.2, 0.25) is 11.7 Å². The van der Waals surface area contributed by atoms with Crippen LogP contribution in [0, 0.1) is 0 Å². The molecule has 0 aliphatic carbocycles. The summed E-state index contributed by atoms with van der Waals surface area (Å²) in [6.07, 6.45) is 4.88. The van der Waals surface area contributed by atoms with Crippen molar-refractivity contribution in [1.29, 1.82) is 0 Å². The molecule has 11 nitrogen and oxygen atoms in total. The molecule has 2 aromatic heterocycles. The molecule has 0 aliphatic rings. The van der Waals surface area contributed by atoms with Crippen LogP contribution in [0.5, 0.6) is 17.2 Å². The molecule has 0 bridgehead atoms. The molecule has 3 aromatic rings. The molecular formula is C25H34N6O5S. The van der Waals surface area contributed by atoms with Crippen LogP contribution in [-0.2, 0) is 16.1 Å². The van der Waals surface area contributed by atoms with E-state index in [9.17, 15) is 4.79 Å². The van der Waals surface area contributed by atoms with Crippen LogP contribution in [0.1, 0.15) is 19.4 Å². The highest BCUT2D eigenvalue weighted by atomic mass is 32.2. The summed E-state index contributed by atoms with van der Waals surface area (Å²) in [6.45, 7) is 6.19. The standard InChI is InChI=1S/C25H34N6O5S/c1-16(2)37-25-29-23(27-10-12-33-3)18-15-28-31(24(18)30-25)11-9-26-21(32)8-7-17-13-19(34-4)22(36-6)20(14-17)35-5/h7-8,13-16H,9-12H2,1-6H3,(H,26,32)(H,27,29,30)/b8-7-. The van der Waals surface area contributed by atoms with Crippen LogP contribution in [0.4, 0.5) is 5.82 Å². The molecule has 1 amide bonds. The minimum atomic E-state index is -0.238. The zero-order valence-corrected chi connectivity index (χ0v) is 22.8. The summed E-state index contributed by atoms with van der Waals surface area (Å²) >= 11 is 1.58. The molecule has 1 aromatic carbocycles. The van der Waals surface area contributed by atoms with Gasteiger partial charge in [-0.1, -0.05) is 25.6 Å². The fourth-order valence-corrected chi connectivity index (χ4v) is 4.19. The molecule has 0 unspecified atom stereocenters. The van der Waals surface area contributed by atoms with E-state index in [4.69, 9.17) is 23.9 Å². The molecule has 0 aliphatic heterocycles. The third-order valence-corrected chi connectivity index (χ3v) is 6.02. The highest BCUT2D eigenvalue weighted by molar-refractivity contribution is 7.99. The minimum absolute atomic E-state index is 0.238. The summed E-state index contributed by atoms with van der Waals surface area (Å²) in [4.78, 5) is 21.8. The van der Waals surface area contributed by atoms with E-state index in [0.29, 0.717) is 65.4 Å². The van der Waals surface area contributed by atoms with Gasteiger partial charge in [-0.3, -0.25) is 4.79 Å². The maximum absolute atomic E-state index is 12.5. The first-order chi connectivity index (χ1) is 17.9. The first kappa shape index (κ1) is 28.1. The zero-order chi connectivity index (χ0) is 26.8. The number of thioether (sulfide) groups is 1. The smallest absolute Gasteiger partial charge is 0.244 e. The van der Waals surface area contributed by atoms with E-state index in [0.717, 1.165) is 10.9 Å². The highest BCUT2D eigenvalue weighted by Gasteiger charge is 2.15. The van der Waals surface area contributed by atoms with Crippen LogP contribution in [0.2, 0.25) is 0 Å². The van der Waals surface area contributed by atoms with Crippen LogP contribution in [0.25, 0.3) is 17.1 Å². The van der Waals surface area contributed by atoms with Crippen molar-refractivity contribution < 1.29 is 23.7 Å². The van der Waals surface area contributed by atoms with Gasteiger partial charge in [0.15, 0.2) is 22.3 Å². The number of hydrogen-bond acceptors (Lipinski definition) is 10. The topological polar surface area (TPSA) is 122 Å². The average Bonchev–Trinajstić information content (AvgIpc) is 3.29. The van der Waals surface area contributed by atoms with Crippen molar-refractivity contribution in [3.05, 3.63) is 30.0 Å². The Labute approximate surface area is 220 Å². The Hall–Kier alpha value is -3.51. The Bertz CT molecular complexity index is 1200. The number of hydrogen-bond donors (Lipinski definition) is 2. The third kappa shape index (κ3) is 7.49. The van der Waals surface area contributed by atoms with Crippen LogP contribution >= 0.6 is 11.8 Å². The van der Waals surface area contributed by atoms with Gasteiger partial charge in [-0.15, -0.1) is 0 Å². The number of carbonyl (C=O) groups excluding carboxylic acids is 1. The van der Waals surface area contributed by atoms with Gasteiger partial charge in [-0.2, -0.15) is 5.10 Å². The molecule has 0 radical (unpaired) electrons. The SMILES string of the molecule is COCCNc1nc(SC(C)C)nc2c1cnn2CCNC(=O)/C=C\c1cc(OC)c(OC)c(OC)c1. The number of fused-ring (bicyclic) bond motifs is 1. The summed E-state index contributed by atoms with van der Waals surface area (Å²) in [5, 5.41) is 12.5. The number of amides is 1. The molecule has 0 atom stereocenters. The van der Waals surface area contributed by atoms with Crippen LogP contribution in [-0.4, -0.2) is 79.0 Å². The molecule has 0 saturated carbocycles. The number of rotatable bonds is 14. The average molecular weight is 531 g/mol. The van der Waals surface area contributed by atoms with E-state index in [1.165, 1.54) is 6.08 Å². The molecule has 0 fully saturated rings. The number of nitrogens with zero attached hydrogens (tertiary/aromatic N) is 4. The number of aromatic nitrogens is 4. The largest absolute Gasteiger partial charge is 0.493 e. The van der Waals surface area contributed by atoms with Crippen LogP contribution in [0.15, 0.2) is 29.6 Å². The number of benzene rings is 1. The molecule has 0 spiro atoms. The fourth-order valence-electron chi connectivity index (χ4n) is 3.48. The number of nitrogens with one attached hydrogen (secondary N) is 2. The Morgan fingerprint density at radius 2 is 1.81 bits per heavy atom. The van der Waals surface area contributed by atoms with Crippen molar-refractivity contribution >= 4 is 40.6 Å². The summed E-state index contributed by atoms with van der Waals surface area (Å²) in [6, 6.07) is 3.54. The monoisotopic (exact) mass is 530 g/mol. The summed E-state index contributed by atoms with van der Waals surface area (Å²) < 4.78 is 23.0. The van der Waals surface area contributed by atoms with Crippen molar-refractivity contribution in [3.8, 4) is 17.2 Å². The van der Waals surface area contributed by atoms with Gasteiger partial charge in [0.05, 0.1) is 46.1 Å². The second-order valence-corrected chi connectivity index (χ2v) is 9.67. The van der Waals surface area contributed by atoms with Gasteiger partial charge in [0, 0.05) is 31.5 Å². The summed E-state index contributed by atoms with van der Waals surface area (Å²) in [5.74, 6) is 2.00. The van der Waals surface area contributed by atoms with Crippen LogP contribution < -0.4 is 24.8 Å². The van der Waals surface area contributed by atoms with E-state index in [2.05, 4.69) is 34.6 Å². The van der Waals surface area contributed by atoms with Crippen molar-refractivity contribution in [2.24, 2.45) is 0 Å². The van der Waals surface area contributed by atoms with Gasteiger partial charge in [0.25, 0.3) is 0 Å². The number of ether oxygens (including phenoxy) is 4. The summed E-state index contributed by atoms with van der Waals surface area (Å²) in [7, 11) is 6.29. The van der Waals surface area contributed by atoms with Gasteiger partial charge in [0.1, 0.15) is 5.82 Å². The van der Waals surface area contributed by atoms with Crippen molar-refractivity contribution in [3.63, 3.8) is 0 Å². The second-order valence-electron chi connectivity index (χ2n) is 8.13. The first-order valence-corrected chi connectivity index (χ1v) is 12.7. The summed E-state index contributed by atoms with van der Waals surface area (Å²) in [5.41, 5.74) is 1.45. The molecule has 3 rings (SSSR count). The van der Waals surface area contributed by atoms with Crippen molar-refractivity contribution in [2.45, 2.75) is 30.8 Å². The maximum atomic E-state index is 12.5. The van der Waals surface area contributed by atoms with Gasteiger partial charge >= 0.3 is 0 Å². The fraction of sp³-hybridized carbons (Fsp3) is 0.440.